The molecule has 3 aliphatic rings. The molecule has 1 aromatic heterocycles. The van der Waals surface area contributed by atoms with E-state index in [1.807, 2.05) is 35.0 Å². The van der Waals surface area contributed by atoms with Gasteiger partial charge in [0.25, 0.3) is 5.91 Å². The Bertz CT molecular complexity index is 846. The average Bonchev–Trinajstić information content (AvgIpc) is 2.98. The fourth-order valence-electron chi connectivity index (χ4n) is 4.05. The van der Waals surface area contributed by atoms with Gasteiger partial charge in [0.15, 0.2) is 0 Å². The van der Waals surface area contributed by atoms with E-state index in [4.69, 9.17) is 0 Å². The zero-order valence-electron chi connectivity index (χ0n) is 14.1. The van der Waals surface area contributed by atoms with Crippen LogP contribution in [0.15, 0.2) is 47.3 Å². The van der Waals surface area contributed by atoms with Gasteiger partial charge in [0.1, 0.15) is 6.54 Å². The first-order chi connectivity index (χ1) is 11.6. The molecule has 0 spiro atoms. The summed E-state index contributed by atoms with van der Waals surface area (Å²) in [5.74, 6) is 1.25. The van der Waals surface area contributed by atoms with Crippen molar-refractivity contribution in [1.29, 1.82) is 0 Å². The lowest BCUT2D eigenvalue weighted by atomic mass is 9.49. The van der Waals surface area contributed by atoms with Gasteiger partial charge < -0.3 is 4.57 Å². The molecule has 1 amide bonds. The molecule has 1 aromatic carbocycles. The van der Waals surface area contributed by atoms with Crippen LogP contribution in [0.5, 0.6) is 0 Å². The number of carbonyl (C=O) groups excluding carboxylic acids is 1. The molecular weight excluding hydrogens is 300 g/mol. The second kappa shape index (κ2) is 5.58. The van der Waals surface area contributed by atoms with E-state index in [0.29, 0.717) is 11.3 Å². The number of nitrogens with zero attached hydrogens (tertiary/aromatic N) is 3. The minimum Gasteiger partial charge on any atom is -0.321 e. The number of nitrogens with one attached hydrogen (secondary N) is 1. The van der Waals surface area contributed by atoms with E-state index >= 15 is 0 Å². The SMILES string of the molecule is CC1(C)[C@@H]2CC=C(/C=N\NC(=O)Cn3cnc4ccccc43)[C@@H]1C2. The van der Waals surface area contributed by atoms with Crippen molar-refractivity contribution in [2.24, 2.45) is 22.4 Å². The summed E-state index contributed by atoms with van der Waals surface area (Å²) in [6, 6.07) is 7.78. The molecule has 1 saturated carbocycles. The number of imidazole rings is 1. The molecule has 2 aromatic rings. The number of aromatic nitrogens is 2. The highest BCUT2D eigenvalue weighted by molar-refractivity contribution is 5.84. The van der Waals surface area contributed by atoms with E-state index in [1.165, 1.54) is 12.0 Å². The fraction of sp³-hybridized carbons (Fsp3) is 0.421. The number of fused-ring (bicyclic) bond motifs is 2. The molecule has 1 heterocycles. The molecule has 5 nitrogen and oxygen atoms in total. The molecular formula is C19H22N4O. The average molecular weight is 322 g/mol. The van der Waals surface area contributed by atoms with Gasteiger partial charge in [-0.15, -0.1) is 0 Å². The summed E-state index contributed by atoms with van der Waals surface area (Å²) in [4.78, 5) is 16.4. The second-order valence-corrected chi connectivity index (χ2v) is 7.40. The Morgan fingerprint density at radius 1 is 1.46 bits per heavy atom. The lowest BCUT2D eigenvalue weighted by Crippen LogP contribution is -2.48. The van der Waals surface area contributed by atoms with Gasteiger partial charge in [-0.25, -0.2) is 10.4 Å². The molecule has 2 bridgehead atoms. The van der Waals surface area contributed by atoms with Crippen molar-refractivity contribution >= 4 is 23.2 Å². The van der Waals surface area contributed by atoms with Crippen molar-refractivity contribution in [3.05, 3.63) is 42.2 Å². The van der Waals surface area contributed by atoms with E-state index in [2.05, 4.69) is 35.4 Å². The molecule has 1 fully saturated rings. The number of hydrazone groups is 1. The zero-order valence-corrected chi connectivity index (χ0v) is 14.1. The van der Waals surface area contributed by atoms with Gasteiger partial charge in [0, 0.05) is 0 Å². The molecule has 0 saturated heterocycles. The van der Waals surface area contributed by atoms with Crippen molar-refractivity contribution in [2.75, 3.05) is 0 Å². The first-order valence-corrected chi connectivity index (χ1v) is 8.47. The highest BCUT2D eigenvalue weighted by Crippen LogP contribution is 2.58. The van der Waals surface area contributed by atoms with E-state index < -0.39 is 0 Å². The van der Waals surface area contributed by atoms with Gasteiger partial charge >= 0.3 is 0 Å². The van der Waals surface area contributed by atoms with Crippen LogP contribution >= 0.6 is 0 Å². The van der Waals surface area contributed by atoms with Gasteiger partial charge in [-0.05, 0) is 47.8 Å². The third kappa shape index (κ3) is 2.44. The molecule has 24 heavy (non-hydrogen) atoms. The summed E-state index contributed by atoms with van der Waals surface area (Å²) in [6.45, 7) is 4.87. The Hall–Kier alpha value is -2.43. The van der Waals surface area contributed by atoms with Gasteiger partial charge in [-0.3, -0.25) is 4.79 Å². The van der Waals surface area contributed by atoms with Crippen LogP contribution in [-0.2, 0) is 11.3 Å². The zero-order chi connectivity index (χ0) is 16.7. The lowest BCUT2D eigenvalue weighted by molar-refractivity contribution is -0.121. The Balaban J connectivity index is 1.38. The van der Waals surface area contributed by atoms with Crippen molar-refractivity contribution in [3.8, 4) is 0 Å². The van der Waals surface area contributed by atoms with Gasteiger partial charge in [0.05, 0.1) is 23.6 Å². The van der Waals surface area contributed by atoms with Crippen molar-refractivity contribution in [1.82, 2.24) is 15.0 Å². The fourth-order valence-corrected chi connectivity index (χ4v) is 4.05. The monoisotopic (exact) mass is 322 g/mol. The maximum absolute atomic E-state index is 12.1. The molecule has 0 unspecified atom stereocenters. The molecule has 5 rings (SSSR count). The largest absolute Gasteiger partial charge is 0.321 e. The molecule has 5 heteroatoms. The van der Waals surface area contributed by atoms with Gasteiger partial charge in [0.2, 0.25) is 0 Å². The first kappa shape index (κ1) is 15.1. The molecule has 124 valence electrons. The number of hydrogen-bond acceptors (Lipinski definition) is 3. The molecule has 3 aliphatic carbocycles. The number of amides is 1. The topological polar surface area (TPSA) is 59.3 Å². The Kier molecular flexibility index (Phi) is 3.52. The normalized spacial score (nSPS) is 24.7. The van der Waals surface area contributed by atoms with Crippen LogP contribution in [0, 0.1) is 17.3 Å². The van der Waals surface area contributed by atoms with Crippen molar-refractivity contribution < 1.29 is 4.79 Å². The van der Waals surface area contributed by atoms with Crippen molar-refractivity contribution in [2.45, 2.75) is 33.2 Å². The highest BCUT2D eigenvalue weighted by atomic mass is 16.2. The number of allylic oxidation sites excluding steroid dienone is 2. The number of para-hydroxylation sites is 2. The lowest BCUT2D eigenvalue weighted by Gasteiger charge is -2.55. The summed E-state index contributed by atoms with van der Waals surface area (Å²) in [5, 5.41) is 4.17. The maximum Gasteiger partial charge on any atom is 0.260 e. The van der Waals surface area contributed by atoms with E-state index in [9.17, 15) is 4.79 Å². The molecule has 0 radical (unpaired) electrons. The minimum atomic E-state index is -0.142. The summed E-state index contributed by atoms with van der Waals surface area (Å²) in [5.41, 5.74) is 6.11. The van der Waals surface area contributed by atoms with Gasteiger partial charge in [-0.1, -0.05) is 32.1 Å². The second-order valence-electron chi connectivity index (χ2n) is 7.40. The molecule has 0 aliphatic heterocycles. The summed E-state index contributed by atoms with van der Waals surface area (Å²) >= 11 is 0. The maximum atomic E-state index is 12.1. The van der Waals surface area contributed by atoms with E-state index in [1.54, 1.807) is 6.33 Å². The Morgan fingerprint density at radius 2 is 2.29 bits per heavy atom. The number of benzene rings is 1. The standard InChI is InChI=1S/C19H22N4O/c1-19(2)14-8-7-13(15(19)9-14)10-21-22-18(24)11-23-12-20-16-5-3-4-6-17(16)23/h3-7,10,12,14-15H,8-9,11H2,1-2H3,(H,22,24)/b21-10-/t14-,15+/m1/s1. The summed E-state index contributed by atoms with van der Waals surface area (Å²) in [6.07, 6.45) is 8.16. The first-order valence-electron chi connectivity index (χ1n) is 8.47. The quantitative estimate of drug-likeness (QED) is 0.694. The summed E-state index contributed by atoms with van der Waals surface area (Å²) < 4.78 is 1.83. The van der Waals surface area contributed by atoms with Crippen LogP contribution in [0.2, 0.25) is 0 Å². The predicted octanol–water partition coefficient (Wildman–Crippen LogP) is 3.13. The van der Waals surface area contributed by atoms with Gasteiger partial charge in [-0.2, -0.15) is 5.10 Å². The van der Waals surface area contributed by atoms with Crippen LogP contribution in [0.3, 0.4) is 0 Å². The Labute approximate surface area is 141 Å². The molecule has 2 atom stereocenters. The van der Waals surface area contributed by atoms with Crippen LogP contribution in [0.1, 0.15) is 26.7 Å². The number of rotatable bonds is 4. The third-order valence-corrected chi connectivity index (χ3v) is 5.76. The third-order valence-electron chi connectivity index (χ3n) is 5.76. The van der Waals surface area contributed by atoms with E-state index in [0.717, 1.165) is 23.4 Å². The smallest absolute Gasteiger partial charge is 0.260 e. The number of carbonyl (C=O) groups is 1. The molecule has 1 N–H and O–H groups in total. The van der Waals surface area contributed by atoms with Crippen LogP contribution in [0.4, 0.5) is 0 Å². The van der Waals surface area contributed by atoms with E-state index in [-0.39, 0.29) is 12.5 Å². The van der Waals surface area contributed by atoms with Crippen LogP contribution in [-0.4, -0.2) is 21.7 Å². The summed E-state index contributed by atoms with van der Waals surface area (Å²) in [7, 11) is 0. The predicted molar refractivity (Wildman–Crippen MR) is 94.4 cm³/mol. The Morgan fingerprint density at radius 3 is 3.08 bits per heavy atom. The van der Waals surface area contributed by atoms with Crippen molar-refractivity contribution in [3.63, 3.8) is 0 Å². The van der Waals surface area contributed by atoms with Crippen LogP contribution < -0.4 is 5.43 Å². The minimum absolute atomic E-state index is 0.142. The number of hydrogen-bond donors (Lipinski definition) is 1. The van der Waals surface area contributed by atoms with Crippen LogP contribution in [0.25, 0.3) is 11.0 Å². The highest BCUT2D eigenvalue weighted by Gasteiger charge is 2.50.